The summed E-state index contributed by atoms with van der Waals surface area (Å²) in [7, 11) is 0. The smallest absolute Gasteiger partial charge is 0.317 e. The quantitative estimate of drug-likeness (QED) is 0.464. The van der Waals surface area contributed by atoms with E-state index < -0.39 is 0 Å². The molecule has 0 saturated carbocycles. The number of nitrogens with one attached hydrogen (secondary N) is 1. The third kappa shape index (κ3) is 3.65. The molecule has 0 spiro atoms. The first-order valence-corrected chi connectivity index (χ1v) is 12.2. The summed E-state index contributed by atoms with van der Waals surface area (Å²) in [6, 6.07) is 10.3. The number of carbonyl (C=O) groups excluding carboxylic acids is 1. The van der Waals surface area contributed by atoms with Crippen LogP contribution in [0, 0.1) is 5.92 Å². The molecule has 0 radical (unpaired) electrons. The van der Waals surface area contributed by atoms with E-state index in [0.717, 1.165) is 48.5 Å². The minimum Gasteiger partial charge on any atom is -0.317 e. The van der Waals surface area contributed by atoms with E-state index in [4.69, 9.17) is 4.98 Å². The zero-order chi connectivity index (χ0) is 24.1. The van der Waals surface area contributed by atoms with Crippen molar-refractivity contribution in [3.8, 4) is 22.5 Å². The number of H-pyrrole nitrogens is 1. The van der Waals surface area contributed by atoms with E-state index in [1.54, 1.807) is 10.8 Å². The van der Waals surface area contributed by atoms with Crippen LogP contribution in [0.3, 0.4) is 0 Å². The van der Waals surface area contributed by atoms with E-state index in [1.165, 1.54) is 0 Å². The standard InChI is InChI=1S/C25H29N9O/c1-4-31-12-19(13-31)32-14-21(16(2)3)34(25(32)35)22-9-10-33-24(29-22)20(11-28-33)17-5-7-18(8-6-17)23-26-15-27-30-23/h5-11,15-16,19,21H,4,12-14H2,1-3H3,(H,26,27,30)/t21-/m1/s1. The molecule has 2 saturated heterocycles. The Labute approximate surface area is 203 Å². The fraction of sp³-hybridized carbons (Fsp3) is 0.400. The van der Waals surface area contributed by atoms with Crippen LogP contribution in [-0.2, 0) is 0 Å². The monoisotopic (exact) mass is 471 g/mol. The van der Waals surface area contributed by atoms with Crippen molar-refractivity contribution in [3.05, 3.63) is 49.1 Å². The third-order valence-electron chi connectivity index (χ3n) is 7.23. The van der Waals surface area contributed by atoms with Crippen molar-refractivity contribution in [2.24, 2.45) is 5.92 Å². The zero-order valence-corrected chi connectivity index (χ0v) is 20.2. The maximum absolute atomic E-state index is 13.6. The molecule has 2 fully saturated rings. The van der Waals surface area contributed by atoms with Crippen molar-refractivity contribution in [2.45, 2.75) is 32.9 Å². The van der Waals surface area contributed by atoms with Gasteiger partial charge in [-0.15, -0.1) is 0 Å². The van der Waals surface area contributed by atoms with Crippen LogP contribution in [0.5, 0.6) is 0 Å². The van der Waals surface area contributed by atoms with Crippen LogP contribution in [0.2, 0.25) is 0 Å². The normalized spacial score (nSPS) is 19.3. The maximum Gasteiger partial charge on any atom is 0.326 e. The second-order valence-corrected chi connectivity index (χ2v) is 9.63. The van der Waals surface area contributed by atoms with Crippen LogP contribution >= 0.6 is 0 Å². The molecule has 4 aromatic rings. The summed E-state index contributed by atoms with van der Waals surface area (Å²) >= 11 is 0. The van der Waals surface area contributed by atoms with Crippen LogP contribution in [0.15, 0.2) is 49.1 Å². The number of hydrogen-bond donors (Lipinski definition) is 1. The first-order valence-electron chi connectivity index (χ1n) is 12.2. The summed E-state index contributed by atoms with van der Waals surface area (Å²) in [5.74, 6) is 1.65. The Balaban J connectivity index is 1.33. The minimum absolute atomic E-state index is 0.0539. The first-order chi connectivity index (χ1) is 17.0. The fourth-order valence-corrected chi connectivity index (χ4v) is 5.07. The number of amides is 2. The van der Waals surface area contributed by atoms with Gasteiger partial charge >= 0.3 is 6.03 Å². The molecule has 10 heteroatoms. The molecule has 2 aliphatic heterocycles. The van der Waals surface area contributed by atoms with Crippen molar-refractivity contribution in [1.82, 2.24) is 39.6 Å². The number of likely N-dealkylation sites (N-methyl/N-ethyl adjacent to an activating group) is 1. The number of aromatic nitrogens is 6. The summed E-state index contributed by atoms with van der Waals surface area (Å²) < 4.78 is 1.76. The fourth-order valence-electron chi connectivity index (χ4n) is 5.07. The Morgan fingerprint density at radius 1 is 1.09 bits per heavy atom. The van der Waals surface area contributed by atoms with Gasteiger partial charge in [0.2, 0.25) is 0 Å². The molecule has 0 aliphatic carbocycles. The number of aromatic amines is 1. The summed E-state index contributed by atoms with van der Waals surface area (Å²) in [6.07, 6.45) is 5.27. The number of urea groups is 1. The Morgan fingerprint density at radius 2 is 1.86 bits per heavy atom. The van der Waals surface area contributed by atoms with Crippen LogP contribution in [-0.4, -0.2) is 83.9 Å². The van der Waals surface area contributed by atoms with Crippen molar-refractivity contribution in [2.75, 3.05) is 31.1 Å². The lowest BCUT2D eigenvalue weighted by atomic mass is 10.0. The predicted octanol–water partition coefficient (Wildman–Crippen LogP) is 3.15. The van der Waals surface area contributed by atoms with Crippen molar-refractivity contribution in [1.29, 1.82) is 0 Å². The van der Waals surface area contributed by atoms with Crippen molar-refractivity contribution < 1.29 is 4.79 Å². The third-order valence-corrected chi connectivity index (χ3v) is 7.23. The number of fused-ring (bicyclic) bond motifs is 1. The predicted molar refractivity (Wildman–Crippen MR) is 133 cm³/mol. The van der Waals surface area contributed by atoms with Crippen LogP contribution in [0.25, 0.3) is 28.2 Å². The van der Waals surface area contributed by atoms with E-state index >= 15 is 0 Å². The van der Waals surface area contributed by atoms with Gasteiger partial charge in [-0.3, -0.25) is 14.9 Å². The molecule has 0 bridgehead atoms. The van der Waals surface area contributed by atoms with Crippen molar-refractivity contribution >= 4 is 17.5 Å². The van der Waals surface area contributed by atoms with Crippen LogP contribution in [0.1, 0.15) is 20.8 Å². The van der Waals surface area contributed by atoms with Gasteiger partial charge in [-0.2, -0.15) is 10.2 Å². The maximum atomic E-state index is 13.6. The Kier molecular flexibility index (Phi) is 5.25. The summed E-state index contributed by atoms with van der Waals surface area (Å²) in [4.78, 5) is 29.1. The van der Waals surface area contributed by atoms with Gasteiger partial charge in [-0.25, -0.2) is 19.3 Å². The second-order valence-electron chi connectivity index (χ2n) is 9.63. The van der Waals surface area contributed by atoms with Gasteiger partial charge in [0.05, 0.1) is 18.3 Å². The van der Waals surface area contributed by atoms with E-state index in [1.807, 2.05) is 52.5 Å². The molecule has 6 rings (SSSR count). The summed E-state index contributed by atoms with van der Waals surface area (Å²) in [5, 5.41) is 11.4. The first kappa shape index (κ1) is 21.7. The van der Waals surface area contributed by atoms with Gasteiger partial charge in [0, 0.05) is 37.0 Å². The molecule has 1 atom stereocenters. The molecule has 5 heterocycles. The highest BCUT2D eigenvalue weighted by Gasteiger charge is 2.46. The van der Waals surface area contributed by atoms with Gasteiger partial charge in [0.25, 0.3) is 0 Å². The highest BCUT2D eigenvalue weighted by atomic mass is 16.2. The molecule has 35 heavy (non-hydrogen) atoms. The second kappa shape index (κ2) is 8.46. The highest BCUT2D eigenvalue weighted by molar-refractivity contribution is 5.95. The molecule has 1 aromatic carbocycles. The molecule has 1 N–H and O–H groups in total. The molecule has 2 aliphatic rings. The van der Waals surface area contributed by atoms with Gasteiger partial charge < -0.3 is 4.90 Å². The van der Waals surface area contributed by atoms with Gasteiger partial charge in [-0.1, -0.05) is 45.0 Å². The number of nitrogens with zero attached hydrogens (tertiary/aromatic N) is 8. The Bertz CT molecular complexity index is 1340. The topological polar surface area (TPSA) is 98.6 Å². The molecular formula is C25H29N9O. The molecule has 3 aromatic heterocycles. The van der Waals surface area contributed by atoms with E-state index in [-0.39, 0.29) is 18.1 Å². The number of likely N-dealkylation sites (tertiary alicyclic amines) is 1. The molecule has 0 unspecified atom stereocenters. The van der Waals surface area contributed by atoms with E-state index in [9.17, 15) is 4.79 Å². The molecular weight excluding hydrogens is 442 g/mol. The van der Waals surface area contributed by atoms with Gasteiger partial charge in [0.1, 0.15) is 12.1 Å². The molecule has 10 nitrogen and oxygen atoms in total. The number of hydrogen-bond acceptors (Lipinski definition) is 6. The molecule has 2 amide bonds. The summed E-state index contributed by atoms with van der Waals surface area (Å²) in [5.41, 5.74) is 3.56. The highest BCUT2D eigenvalue weighted by Crippen LogP contribution is 2.32. The van der Waals surface area contributed by atoms with Crippen LogP contribution in [0.4, 0.5) is 10.6 Å². The van der Waals surface area contributed by atoms with Crippen LogP contribution < -0.4 is 4.90 Å². The number of rotatable bonds is 6. The number of carbonyl (C=O) groups is 1. The molecule has 180 valence electrons. The average Bonchev–Trinajstić information content (AvgIpc) is 3.58. The van der Waals surface area contributed by atoms with E-state index in [0.29, 0.717) is 17.6 Å². The average molecular weight is 472 g/mol. The SMILES string of the molecule is CCN1CC(N2C[C@H](C(C)C)N(c3ccn4ncc(-c5ccc(-c6nc[nH]n6)cc5)c4n3)C2=O)C1. The Hall–Kier alpha value is -3.79. The number of anilines is 1. The number of benzene rings is 1. The Morgan fingerprint density at radius 3 is 2.54 bits per heavy atom. The summed E-state index contributed by atoms with van der Waals surface area (Å²) in [6.45, 7) is 10.2. The lowest BCUT2D eigenvalue weighted by Crippen LogP contribution is -2.59. The largest absolute Gasteiger partial charge is 0.326 e. The zero-order valence-electron chi connectivity index (χ0n) is 20.2. The van der Waals surface area contributed by atoms with Crippen molar-refractivity contribution in [3.63, 3.8) is 0 Å². The minimum atomic E-state index is 0.0539. The lowest BCUT2D eigenvalue weighted by Gasteiger charge is -2.43. The lowest BCUT2D eigenvalue weighted by molar-refractivity contribution is 0.0672. The van der Waals surface area contributed by atoms with E-state index in [2.05, 4.69) is 46.0 Å². The van der Waals surface area contributed by atoms with Gasteiger partial charge in [-0.05, 0) is 24.1 Å². The van der Waals surface area contributed by atoms with Gasteiger partial charge in [0.15, 0.2) is 11.5 Å².